The highest BCUT2D eigenvalue weighted by molar-refractivity contribution is 7.80. The fourth-order valence-electron chi connectivity index (χ4n) is 1.74. The molecule has 28 heavy (non-hydrogen) atoms. The normalized spacial score (nSPS) is 9.68. The first kappa shape index (κ1) is 25.1. The van der Waals surface area contributed by atoms with Crippen LogP contribution in [0.4, 0.5) is 18.3 Å². The Morgan fingerprint density at radius 3 is 2.29 bits per heavy atom. The number of aromatic nitrogens is 2. The van der Waals surface area contributed by atoms with Gasteiger partial charge in [0, 0.05) is 12.5 Å². The van der Waals surface area contributed by atoms with Crippen molar-refractivity contribution in [3.63, 3.8) is 0 Å². The molecule has 7 nitrogen and oxygen atoms in total. The molecule has 0 aliphatic rings. The van der Waals surface area contributed by atoms with Gasteiger partial charge in [0.2, 0.25) is 0 Å². The van der Waals surface area contributed by atoms with Crippen molar-refractivity contribution in [2.24, 2.45) is 0 Å². The molecule has 0 amide bonds. The van der Waals surface area contributed by atoms with E-state index in [0.29, 0.717) is 26.3 Å². The number of hydrogen-bond donors (Lipinski definition) is 2. The van der Waals surface area contributed by atoms with Gasteiger partial charge < -0.3 is 21.4 Å². The second-order valence-electron chi connectivity index (χ2n) is 4.60. The highest BCUT2D eigenvalue weighted by Gasteiger charge is 2.30. The third-order valence-electron chi connectivity index (χ3n) is 2.72. The molecule has 0 spiro atoms. The van der Waals surface area contributed by atoms with Crippen LogP contribution >= 0.6 is 24.0 Å². The summed E-state index contributed by atoms with van der Waals surface area (Å²) in [6, 6.07) is 12.8. The molecular weight excluding hydrogens is 417 g/mol. The Hall–Kier alpha value is -2.85. The zero-order valence-electron chi connectivity index (χ0n) is 13.9. The number of nitriles is 1. The van der Waals surface area contributed by atoms with Crippen molar-refractivity contribution in [3.8, 4) is 23.2 Å². The maximum absolute atomic E-state index is 11.6. The average molecular weight is 434 g/mol. The van der Waals surface area contributed by atoms with Crippen molar-refractivity contribution in [1.29, 1.82) is 5.26 Å². The van der Waals surface area contributed by atoms with Crippen molar-refractivity contribution < 1.29 is 30.3 Å². The molecule has 0 aliphatic heterocycles. The van der Waals surface area contributed by atoms with Crippen LogP contribution in [0.2, 0.25) is 0 Å². The van der Waals surface area contributed by atoms with Crippen LogP contribution in [0.1, 0.15) is 6.30 Å². The minimum atomic E-state index is -4.63. The molecule has 0 saturated heterocycles. The molecule has 2 heterocycles. The maximum atomic E-state index is 11.6. The van der Waals surface area contributed by atoms with Crippen molar-refractivity contribution in [2.75, 3.05) is 5.73 Å². The molecule has 0 unspecified atom stereocenters. The van der Waals surface area contributed by atoms with E-state index >= 15 is 0 Å². The predicted octanol–water partition coefficient (Wildman–Crippen LogP) is 3.13. The molecule has 6 N–H and O–H groups in total. The molecule has 2 aromatic heterocycles. The number of alkyl halides is 3. The summed E-state index contributed by atoms with van der Waals surface area (Å²) in [6.45, 7) is 0. The summed E-state index contributed by atoms with van der Waals surface area (Å²) in [5.74, 6) is -0.236. The first-order valence-electron chi connectivity index (χ1n) is 6.91. The molecule has 3 rings (SSSR count). The van der Waals surface area contributed by atoms with E-state index in [9.17, 15) is 13.2 Å². The first-order valence-corrected chi connectivity index (χ1v) is 8.17. The van der Waals surface area contributed by atoms with E-state index < -0.39 is 6.36 Å². The van der Waals surface area contributed by atoms with Gasteiger partial charge in [0.05, 0.1) is 5.69 Å². The number of benzene rings is 1. The number of nitrogens with zero attached hydrogens (tertiary/aromatic N) is 3. The van der Waals surface area contributed by atoms with Crippen LogP contribution in [0.15, 0.2) is 53.6 Å². The summed E-state index contributed by atoms with van der Waals surface area (Å²) >= 11 is 5.08. The third-order valence-corrected chi connectivity index (χ3v) is 3.81. The highest BCUT2D eigenvalue weighted by atomic mass is 32.1. The van der Waals surface area contributed by atoms with Gasteiger partial charge in [0.25, 0.3) is 0 Å². The number of nitrogens with two attached hydrogens (primary N) is 1. The fourth-order valence-corrected chi connectivity index (χ4v) is 2.52. The summed E-state index contributed by atoms with van der Waals surface area (Å²) in [4.78, 5) is 9.26. The number of hydrogen-bond acceptors (Lipinski definition) is 7. The molecule has 0 radical (unpaired) electrons. The molecular formula is C16H17F3N4O3S2. The van der Waals surface area contributed by atoms with Gasteiger partial charge in [-0.25, -0.2) is 4.98 Å². The van der Waals surface area contributed by atoms with Crippen LogP contribution in [0, 0.1) is 11.3 Å². The van der Waals surface area contributed by atoms with Gasteiger partial charge >= 0.3 is 6.36 Å². The zero-order valence-corrected chi connectivity index (χ0v) is 15.6. The Morgan fingerprint density at radius 1 is 1.14 bits per heavy atom. The van der Waals surface area contributed by atoms with Gasteiger partial charge in [0.1, 0.15) is 22.4 Å². The van der Waals surface area contributed by atoms with Gasteiger partial charge in [-0.2, -0.15) is 5.26 Å². The minimum absolute atomic E-state index is 0. The molecule has 0 aliphatic carbocycles. The fraction of sp³-hybridized carbons (Fsp3) is 0.0625. The Morgan fingerprint density at radius 2 is 1.79 bits per heavy atom. The van der Waals surface area contributed by atoms with Gasteiger partial charge in [-0.1, -0.05) is 17.4 Å². The lowest BCUT2D eigenvalue weighted by Gasteiger charge is -2.07. The van der Waals surface area contributed by atoms with Crippen LogP contribution in [0.5, 0.6) is 5.75 Å². The van der Waals surface area contributed by atoms with E-state index in [0.717, 1.165) is 0 Å². The number of pyridine rings is 1. The summed E-state index contributed by atoms with van der Waals surface area (Å²) in [6.07, 6.45) is -2.97. The number of thiol groups is 1. The molecule has 0 atom stereocenters. The summed E-state index contributed by atoms with van der Waals surface area (Å²) in [7, 11) is 0. The van der Waals surface area contributed by atoms with Crippen molar-refractivity contribution in [2.45, 2.75) is 11.3 Å². The van der Waals surface area contributed by atoms with Crippen LogP contribution in [0.3, 0.4) is 0 Å². The SMILES string of the molecule is FC(F)(F)Oc1ccc(S)cc1.N#Cc1sc(N)nc1-c1ccccn1.O.O.[HH]. The van der Waals surface area contributed by atoms with Gasteiger partial charge in [-0.15, -0.1) is 25.8 Å². The summed E-state index contributed by atoms with van der Waals surface area (Å²) in [5, 5.41) is 9.22. The molecule has 12 heteroatoms. The smallest absolute Gasteiger partial charge is 0.412 e. The Bertz CT molecular complexity index is 905. The summed E-state index contributed by atoms with van der Waals surface area (Å²) in [5.41, 5.74) is 6.76. The molecule has 1 aromatic carbocycles. The number of anilines is 1. The molecule has 152 valence electrons. The van der Waals surface area contributed by atoms with Crippen molar-refractivity contribution >= 4 is 29.1 Å². The second-order valence-corrected chi connectivity index (χ2v) is 6.15. The van der Waals surface area contributed by atoms with E-state index in [1.54, 1.807) is 12.3 Å². The summed E-state index contributed by atoms with van der Waals surface area (Å²) < 4.78 is 38.4. The molecule has 0 saturated carbocycles. The van der Waals surface area contributed by atoms with E-state index in [1.165, 1.54) is 35.6 Å². The van der Waals surface area contributed by atoms with E-state index in [-0.39, 0.29) is 18.1 Å². The number of halogens is 3. The predicted molar refractivity (Wildman–Crippen MR) is 104 cm³/mol. The zero-order chi connectivity index (χ0) is 19.2. The van der Waals surface area contributed by atoms with Crippen molar-refractivity contribution in [3.05, 3.63) is 53.5 Å². The van der Waals surface area contributed by atoms with E-state index in [1.807, 2.05) is 12.1 Å². The average Bonchev–Trinajstić information content (AvgIpc) is 2.98. The standard InChI is InChI=1S/C9H6N4S.C7H5F3OS.2H2O.H2/c10-5-7-8(13-9(11)14-7)6-3-1-2-4-12-6;8-7(9,10)11-5-1-3-6(12)4-2-5;;;/h1-4H,(H2,11,13);1-4,12H;2*1H2;1H. The lowest BCUT2D eigenvalue weighted by Crippen LogP contribution is -2.16. The Labute approximate surface area is 168 Å². The van der Waals surface area contributed by atoms with Crippen LogP contribution in [-0.2, 0) is 0 Å². The van der Waals surface area contributed by atoms with Gasteiger partial charge in [-0.05, 0) is 36.4 Å². The largest absolute Gasteiger partial charge is 0.573 e. The quantitative estimate of drug-likeness (QED) is 0.595. The Kier molecular flexibility index (Phi) is 9.97. The number of rotatable bonds is 2. The first-order chi connectivity index (χ1) is 12.3. The van der Waals surface area contributed by atoms with Gasteiger partial charge in [0.15, 0.2) is 5.13 Å². The number of thiazole rings is 1. The van der Waals surface area contributed by atoms with E-state index in [4.69, 9.17) is 11.0 Å². The third kappa shape index (κ3) is 7.80. The van der Waals surface area contributed by atoms with Crippen LogP contribution in [-0.4, -0.2) is 27.3 Å². The minimum Gasteiger partial charge on any atom is -0.412 e. The monoisotopic (exact) mass is 434 g/mol. The molecule has 3 aromatic rings. The topological polar surface area (TPSA) is 148 Å². The van der Waals surface area contributed by atoms with Crippen LogP contribution in [0.25, 0.3) is 11.4 Å². The number of nitrogen functional groups attached to an aromatic ring is 1. The number of ether oxygens (including phenoxy) is 1. The molecule has 0 bridgehead atoms. The lowest BCUT2D eigenvalue weighted by atomic mass is 10.2. The lowest BCUT2D eigenvalue weighted by molar-refractivity contribution is -0.274. The highest BCUT2D eigenvalue weighted by Crippen LogP contribution is 2.27. The van der Waals surface area contributed by atoms with E-state index in [2.05, 4.69) is 33.4 Å². The van der Waals surface area contributed by atoms with Crippen molar-refractivity contribution in [1.82, 2.24) is 9.97 Å². The maximum Gasteiger partial charge on any atom is 0.573 e. The molecule has 0 fully saturated rings. The second kappa shape index (κ2) is 11.1. The Balaban J connectivity index is 0. The van der Waals surface area contributed by atoms with Gasteiger partial charge in [-0.3, -0.25) is 4.98 Å². The van der Waals surface area contributed by atoms with Crippen LogP contribution < -0.4 is 10.5 Å².